The number of hydrogen-bond acceptors (Lipinski definition) is 1. The lowest BCUT2D eigenvalue weighted by atomic mass is 9.80. The van der Waals surface area contributed by atoms with Crippen molar-refractivity contribution in [2.45, 2.75) is 51.8 Å². The summed E-state index contributed by atoms with van der Waals surface area (Å²) in [5.74, 6) is 0.766. The highest BCUT2D eigenvalue weighted by Gasteiger charge is 2.27. The molecule has 1 fully saturated rings. The molecular formula is C13H24BrNO. The second-order valence-corrected chi connectivity index (χ2v) is 7.35. The van der Waals surface area contributed by atoms with E-state index in [1.807, 2.05) is 4.90 Å². The van der Waals surface area contributed by atoms with Crippen molar-refractivity contribution in [1.29, 1.82) is 0 Å². The Morgan fingerprint density at radius 1 is 1.50 bits per heavy atom. The molecule has 2 unspecified atom stereocenters. The maximum atomic E-state index is 12.1. The molecule has 2 nitrogen and oxygen atoms in total. The Morgan fingerprint density at radius 3 is 2.62 bits per heavy atom. The Kier molecular flexibility index (Phi) is 4.84. The summed E-state index contributed by atoms with van der Waals surface area (Å²) < 4.78 is 0. The molecule has 0 radical (unpaired) electrons. The van der Waals surface area contributed by atoms with Crippen molar-refractivity contribution < 1.29 is 4.79 Å². The summed E-state index contributed by atoms with van der Waals surface area (Å²) in [7, 11) is 0. The van der Waals surface area contributed by atoms with Gasteiger partial charge in [-0.15, -0.1) is 0 Å². The number of carbonyl (C=O) groups excluding carboxylic acids is 1. The summed E-state index contributed by atoms with van der Waals surface area (Å²) in [5.41, 5.74) is 0.221. The van der Waals surface area contributed by atoms with Crippen LogP contribution in [-0.2, 0) is 4.79 Å². The topological polar surface area (TPSA) is 20.3 Å². The molecule has 0 N–H and O–H groups in total. The summed E-state index contributed by atoms with van der Waals surface area (Å²) in [6, 6.07) is 0. The molecule has 16 heavy (non-hydrogen) atoms. The van der Waals surface area contributed by atoms with E-state index in [2.05, 4.69) is 43.6 Å². The molecular weight excluding hydrogens is 266 g/mol. The molecule has 1 amide bonds. The maximum absolute atomic E-state index is 12.1. The summed E-state index contributed by atoms with van der Waals surface area (Å²) in [6.07, 6.45) is 3.01. The van der Waals surface area contributed by atoms with Crippen LogP contribution in [-0.4, -0.2) is 28.7 Å². The van der Waals surface area contributed by atoms with Gasteiger partial charge in [0.2, 0.25) is 5.91 Å². The van der Waals surface area contributed by atoms with Gasteiger partial charge in [-0.1, -0.05) is 43.6 Å². The van der Waals surface area contributed by atoms with Crippen molar-refractivity contribution in [2.75, 3.05) is 13.1 Å². The Labute approximate surface area is 108 Å². The van der Waals surface area contributed by atoms with Crippen LogP contribution >= 0.6 is 15.9 Å². The predicted molar refractivity (Wildman–Crippen MR) is 71.8 cm³/mol. The zero-order valence-corrected chi connectivity index (χ0v) is 12.5. The Balaban J connectivity index is 2.46. The normalized spacial score (nSPS) is 24.3. The molecule has 0 aromatic carbocycles. The summed E-state index contributed by atoms with van der Waals surface area (Å²) in [5, 5.41) is 0. The van der Waals surface area contributed by atoms with Gasteiger partial charge in [0, 0.05) is 24.3 Å². The molecule has 1 aliphatic heterocycles. The number of alkyl halides is 1. The van der Waals surface area contributed by atoms with Crippen molar-refractivity contribution in [2.24, 2.45) is 11.3 Å². The lowest BCUT2D eigenvalue weighted by Gasteiger charge is -2.33. The molecule has 0 aromatic rings. The number of hydrogen-bond donors (Lipinski definition) is 0. The summed E-state index contributed by atoms with van der Waals surface area (Å²) in [6.45, 7) is 10.6. The highest BCUT2D eigenvalue weighted by molar-refractivity contribution is 9.09. The van der Waals surface area contributed by atoms with Crippen LogP contribution in [0.15, 0.2) is 0 Å². The zero-order valence-electron chi connectivity index (χ0n) is 10.9. The first-order valence-electron chi connectivity index (χ1n) is 6.22. The van der Waals surface area contributed by atoms with Gasteiger partial charge < -0.3 is 4.90 Å². The van der Waals surface area contributed by atoms with Gasteiger partial charge in [0.1, 0.15) is 0 Å². The van der Waals surface area contributed by atoms with Crippen LogP contribution in [0.3, 0.4) is 0 Å². The van der Waals surface area contributed by atoms with Gasteiger partial charge in [0.15, 0.2) is 0 Å². The second-order valence-electron chi connectivity index (χ2n) is 6.05. The number of amides is 1. The fraction of sp³-hybridized carbons (Fsp3) is 0.923. The van der Waals surface area contributed by atoms with Gasteiger partial charge in [-0.3, -0.25) is 4.79 Å². The SMILES string of the molecule is CC(CC(=O)N1CCCC(Br)C1)C(C)(C)C. The first-order chi connectivity index (χ1) is 7.30. The van der Waals surface area contributed by atoms with Crippen molar-refractivity contribution in [3.8, 4) is 0 Å². The van der Waals surface area contributed by atoms with Crippen LogP contribution in [0.2, 0.25) is 0 Å². The minimum Gasteiger partial charge on any atom is -0.342 e. The lowest BCUT2D eigenvalue weighted by Crippen LogP contribution is -2.41. The molecule has 94 valence electrons. The molecule has 1 saturated heterocycles. The zero-order chi connectivity index (χ0) is 12.3. The smallest absolute Gasteiger partial charge is 0.222 e. The van der Waals surface area contributed by atoms with Crippen LogP contribution in [0.4, 0.5) is 0 Å². The Morgan fingerprint density at radius 2 is 2.12 bits per heavy atom. The number of likely N-dealkylation sites (tertiary alicyclic amines) is 1. The third kappa shape index (κ3) is 4.08. The molecule has 2 atom stereocenters. The lowest BCUT2D eigenvalue weighted by molar-refractivity contribution is -0.133. The largest absolute Gasteiger partial charge is 0.342 e. The molecule has 0 spiro atoms. The Hall–Kier alpha value is -0.0500. The van der Waals surface area contributed by atoms with Gasteiger partial charge in [-0.2, -0.15) is 0 Å². The van der Waals surface area contributed by atoms with Gasteiger partial charge >= 0.3 is 0 Å². The molecule has 1 rings (SSSR count). The number of carbonyl (C=O) groups is 1. The minimum absolute atomic E-state index is 0.221. The van der Waals surface area contributed by atoms with E-state index in [-0.39, 0.29) is 5.41 Å². The molecule has 3 heteroatoms. The van der Waals surface area contributed by atoms with Crippen LogP contribution in [0.1, 0.15) is 47.0 Å². The molecule has 1 aliphatic rings. The minimum atomic E-state index is 0.221. The van der Waals surface area contributed by atoms with Crippen LogP contribution in [0.5, 0.6) is 0 Å². The van der Waals surface area contributed by atoms with Crippen molar-refractivity contribution in [3.63, 3.8) is 0 Å². The van der Waals surface area contributed by atoms with E-state index in [1.54, 1.807) is 0 Å². The monoisotopic (exact) mass is 289 g/mol. The number of rotatable bonds is 2. The van der Waals surface area contributed by atoms with Gasteiger partial charge in [0.25, 0.3) is 0 Å². The average Bonchev–Trinajstić information content (AvgIpc) is 2.16. The van der Waals surface area contributed by atoms with E-state index >= 15 is 0 Å². The maximum Gasteiger partial charge on any atom is 0.222 e. The highest BCUT2D eigenvalue weighted by Crippen LogP contribution is 2.29. The number of piperidine rings is 1. The quantitative estimate of drug-likeness (QED) is 0.713. The molecule has 0 bridgehead atoms. The average molecular weight is 290 g/mol. The van der Waals surface area contributed by atoms with Crippen molar-refractivity contribution in [3.05, 3.63) is 0 Å². The van der Waals surface area contributed by atoms with E-state index < -0.39 is 0 Å². The van der Waals surface area contributed by atoms with E-state index in [0.717, 1.165) is 19.5 Å². The van der Waals surface area contributed by atoms with E-state index in [9.17, 15) is 4.79 Å². The summed E-state index contributed by atoms with van der Waals surface area (Å²) >= 11 is 3.61. The van der Waals surface area contributed by atoms with Crippen LogP contribution in [0.25, 0.3) is 0 Å². The number of nitrogens with zero attached hydrogens (tertiary/aromatic N) is 1. The molecule has 0 aromatic heterocycles. The number of halogens is 1. The first-order valence-corrected chi connectivity index (χ1v) is 7.14. The third-order valence-electron chi connectivity index (χ3n) is 3.68. The fourth-order valence-electron chi connectivity index (χ4n) is 1.85. The van der Waals surface area contributed by atoms with Crippen LogP contribution < -0.4 is 0 Å². The van der Waals surface area contributed by atoms with E-state index in [1.165, 1.54) is 6.42 Å². The first kappa shape index (κ1) is 14.0. The Bertz CT molecular complexity index is 247. The fourth-order valence-corrected chi connectivity index (χ4v) is 2.52. The highest BCUT2D eigenvalue weighted by atomic mass is 79.9. The van der Waals surface area contributed by atoms with Crippen molar-refractivity contribution >= 4 is 21.8 Å². The van der Waals surface area contributed by atoms with Crippen molar-refractivity contribution in [1.82, 2.24) is 4.90 Å². The van der Waals surface area contributed by atoms with Gasteiger partial charge in [-0.05, 0) is 24.2 Å². The molecule has 0 aliphatic carbocycles. The van der Waals surface area contributed by atoms with Gasteiger partial charge in [-0.25, -0.2) is 0 Å². The van der Waals surface area contributed by atoms with Crippen LogP contribution in [0, 0.1) is 11.3 Å². The van der Waals surface area contributed by atoms with Gasteiger partial charge in [0.05, 0.1) is 0 Å². The van der Waals surface area contributed by atoms with E-state index in [4.69, 9.17) is 0 Å². The van der Waals surface area contributed by atoms with E-state index in [0.29, 0.717) is 23.1 Å². The third-order valence-corrected chi connectivity index (χ3v) is 4.42. The molecule has 1 heterocycles. The standard InChI is InChI=1S/C13H24BrNO/c1-10(13(2,3)4)8-12(16)15-7-5-6-11(14)9-15/h10-11H,5-9H2,1-4H3. The predicted octanol–water partition coefficient (Wildman–Crippen LogP) is 3.44. The summed E-state index contributed by atoms with van der Waals surface area (Å²) in [4.78, 5) is 14.6. The second kappa shape index (κ2) is 5.52. The molecule has 0 saturated carbocycles.